The van der Waals surface area contributed by atoms with Crippen molar-refractivity contribution >= 4 is 21.6 Å². The number of hydrogen-bond donors (Lipinski definition) is 1. The fourth-order valence-electron chi connectivity index (χ4n) is 1.87. The second kappa shape index (κ2) is 6.76. The normalized spacial score (nSPS) is 10.3. The number of anilines is 1. The fraction of sp³-hybridized carbons (Fsp3) is 0.200. The van der Waals surface area contributed by atoms with Gasteiger partial charge >= 0.3 is 0 Å². The highest BCUT2D eigenvalue weighted by atomic mass is 79.9. The lowest BCUT2D eigenvalue weighted by Crippen LogP contribution is -2.04. The molecule has 0 fully saturated rings. The molecule has 2 aromatic carbocycles. The first-order valence-electron chi connectivity index (χ1n) is 6.14. The quantitative estimate of drug-likeness (QED) is 0.806. The van der Waals surface area contributed by atoms with E-state index in [1.54, 1.807) is 32.4 Å². The molecule has 0 aliphatic carbocycles. The first-order valence-corrected chi connectivity index (χ1v) is 6.93. The van der Waals surface area contributed by atoms with Crippen molar-refractivity contribution in [3.63, 3.8) is 0 Å². The predicted molar refractivity (Wildman–Crippen MR) is 80.9 cm³/mol. The first-order chi connectivity index (χ1) is 10.0. The van der Waals surface area contributed by atoms with Gasteiger partial charge in [0.15, 0.2) is 0 Å². The van der Waals surface area contributed by atoms with E-state index in [9.17, 15) is 8.78 Å². The standard InChI is InChI=1S/C15H14BrF2NO2/c1-20-10-3-4-15(21-2)9(5-10)8-19-14-6-11(16)12(17)7-13(14)18/h3-7,19H,8H2,1-2H3. The number of hydrogen-bond acceptors (Lipinski definition) is 3. The SMILES string of the molecule is COc1ccc(OC)c(CNc2cc(Br)c(F)cc2F)c1. The molecule has 3 nitrogen and oxygen atoms in total. The smallest absolute Gasteiger partial charge is 0.149 e. The summed E-state index contributed by atoms with van der Waals surface area (Å²) in [6, 6.07) is 7.53. The molecule has 6 heteroatoms. The van der Waals surface area contributed by atoms with E-state index in [4.69, 9.17) is 9.47 Å². The maximum atomic E-state index is 13.7. The summed E-state index contributed by atoms with van der Waals surface area (Å²) in [4.78, 5) is 0. The molecule has 0 atom stereocenters. The third-order valence-electron chi connectivity index (χ3n) is 2.97. The monoisotopic (exact) mass is 357 g/mol. The van der Waals surface area contributed by atoms with Crippen LogP contribution < -0.4 is 14.8 Å². The molecule has 0 saturated heterocycles. The summed E-state index contributed by atoms with van der Waals surface area (Å²) >= 11 is 3.03. The van der Waals surface area contributed by atoms with Gasteiger partial charge in [-0.3, -0.25) is 0 Å². The van der Waals surface area contributed by atoms with Crippen molar-refractivity contribution in [3.8, 4) is 11.5 Å². The van der Waals surface area contributed by atoms with E-state index >= 15 is 0 Å². The second-order valence-corrected chi connectivity index (χ2v) is 5.13. The third-order valence-corrected chi connectivity index (χ3v) is 3.57. The number of benzene rings is 2. The van der Waals surface area contributed by atoms with Gasteiger partial charge in [0.25, 0.3) is 0 Å². The molecule has 0 aliphatic heterocycles. The van der Waals surface area contributed by atoms with Crippen molar-refractivity contribution in [3.05, 3.63) is 52.0 Å². The Morgan fingerprint density at radius 1 is 1.05 bits per heavy atom. The number of nitrogens with one attached hydrogen (secondary N) is 1. The first kappa shape index (κ1) is 15.6. The highest BCUT2D eigenvalue weighted by molar-refractivity contribution is 9.10. The third kappa shape index (κ3) is 3.64. The highest BCUT2D eigenvalue weighted by Crippen LogP contribution is 2.27. The molecule has 2 rings (SSSR count). The summed E-state index contributed by atoms with van der Waals surface area (Å²) < 4.78 is 37.5. The molecule has 1 N–H and O–H groups in total. The maximum absolute atomic E-state index is 13.7. The van der Waals surface area contributed by atoms with Crippen LogP contribution in [-0.2, 0) is 6.54 Å². The number of halogens is 3. The summed E-state index contributed by atoms with van der Waals surface area (Å²) in [7, 11) is 3.12. The van der Waals surface area contributed by atoms with Crippen molar-refractivity contribution in [1.82, 2.24) is 0 Å². The Bertz CT molecular complexity index is 650. The molecule has 2 aromatic rings. The van der Waals surface area contributed by atoms with E-state index in [1.807, 2.05) is 0 Å². The van der Waals surface area contributed by atoms with Crippen LogP contribution in [0.2, 0.25) is 0 Å². The van der Waals surface area contributed by atoms with Gasteiger partial charge in [-0.25, -0.2) is 8.78 Å². The largest absolute Gasteiger partial charge is 0.497 e. The molecule has 0 bridgehead atoms. The molecule has 21 heavy (non-hydrogen) atoms. The van der Waals surface area contributed by atoms with Gasteiger partial charge in [0, 0.05) is 18.2 Å². The lowest BCUT2D eigenvalue weighted by molar-refractivity contribution is 0.399. The van der Waals surface area contributed by atoms with Crippen molar-refractivity contribution in [2.45, 2.75) is 6.54 Å². The minimum absolute atomic E-state index is 0.198. The average Bonchev–Trinajstić information content (AvgIpc) is 2.49. The number of methoxy groups -OCH3 is 2. The summed E-state index contributed by atoms with van der Waals surface area (Å²) in [6.45, 7) is 0.315. The Morgan fingerprint density at radius 2 is 1.81 bits per heavy atom. The molecule has 0 heterocycles. The Balaban J connectivity index is 2.21. The number of rotatable bonds is 5. The van der Waals surface area contributed by atoms with Crippen LogP contribution in [0.1, 0.15) is 5.56 Å². The molecule has 0 aromatic heterocycles. The van der Waals surface area contributed by atoms with Crippen LogP contribution in [0.25, 0.3) is 0 Å². The van der Waals surface area contributed by atoms with E-state index in [0.29, 0.717) is 18.0 Å². The maximum Gasteiger partial charge on any atom is 0.149 e. The van der Waals surface area contributed by atoms with Crippen molar-refractivity contribution in [1.29, 1.82) is 0 Å². The van der Waals surface area contributed by atoms with Crippen molar-refractivity contribution < 1.29 is 18.3 Å². The van der Waals surface area contributed by atoms with Crippen molar-refractivity contribution in [2.75, 3.05) is 19.5 Å². The van der Waals surface area contributed by atoms with Gasteiger partial charge in [-0.2, -0.15) is 0 Å². The van der Waals surface area contributed by atoms with Crippen LogP contribution >= 0.6 is 15.9 Å². The molecule has 0 unspecified atom stereocenters. The van der Waals surface area contributed by atoms with Gasteiger partial charge in [0.1, 0.15) is 23.1 Å². The van der Waals surface area contributed by atoms with E-state index < -0.39 is 11.6 Å². The molecule has 0 amide bonds. The van der Waals surface area contributed by atoms with Gasteiger partial charge in [0.2, 0.25) is 0 Å². The minimum atomic E-state index is -0.655. The summed E-state index contributed by atoms with van der Waals surface area (Å²) in [6.07, 6.45) is 0. The summed E-state index contributed by atoms with van der Waals surface area (Å²) in [5.41, 5.74) is 1.00. The Kier molecular flexibility index (Phi) is 5.01. The van der Waals surface area contributed by atoms with E-state index in [-0.39, 0.29) is 10.2 Å². The zero-order valence-electron chi connectivity index (χ0n) is 11.5. The van der Waals surface area contributed by atoms with E-state index in [1.165, 1.54) is 6.07 Å². The number of ether oxygens (including phenoxy) is 2. The van der Waals surface area contributed by atoms with Crippen LogP contribution in [0.3, 0.4) is 0 Å². The molecule has 0 saturated carbocycles. The van der Waals surface area contributed by atoms with Crippen LogP contribution in [-0.4, -0.2) is 14.2 Å². The Labute approximate surface area is 130 Å². The Morgan fingerprint density at radius 3 is 2.48 bits per heavy atom. The molecular weight excluding hydrogens is 344 g/mol. The Hall–Kier alpha value is -1.82. The zero-order chi connectivity index (χ0) is 15.4. The van der Waals surface area contributed by atoms with Crippen LogP contribution in [0.4, 0.5) is 14.5 Å². The van der Waals surface area contributed by atoms with E-state index in [2.05, 4.69) is 21.2 Å². The van der Waals surface area contributed by atoms with Gasteiger partial charge < -0.3 is 14.8 Å². The van der Waals surface area contributed by atoms with Crippen molar-refractivity contribution in [2.24, 2.45) is 0 Å². The predicted octanol–water partition coefficient (Wildman–Crippen LogP) is 4.36. The molecular formula is C15H14BrF2NO2. The molecule has 112 valence electrons. The second-order valence-electron chi connectivity index (χ2n) is 4.28. The lowest BCUT2D eigenvalue weighted by Gasteiger charge is -2.13. The van der Waals surface area contributed by atoms with Gasteiger partial charge in [-0.15, -0.1) is 0 Å². The summed E-state index contributed by atoms with van der Waals surface area (Å²) in [5, 5.41) is 2.92. The van der Waals surface area contributed by atoms with Gasteiger partial charge in [0.05, 0.1) is 24.4 Å². The average molecular weight is 358 g/mol. The molecule has 0 radical (unpaired) electrons. The topological polar surface area (TPSA) is 30.5 Å². The zero-order valence-corrected chi connectivity index (χ0v) is 13.1. The lowest BCUT2D eigenvalue weighted by atomic mass is 10.1. The fourth-order valence-corrected chi connectivity index (χ4v) is 2.21. The minimum Gasteiger partial charge on any atom is -0.497 e. The van der Waals surface area contributed by atoms with Crippen LogP contribution in [0, 0.1) is 11.6 Å². The van der Waals surface area contributed by atoms with Gasteiger partial charge in [-0.1, -0.05) is 0 Å². The van der Waals surface area contributed by atoms with Crippen LogP contribution in [0.15, 0.2) is 34.8 Å². The molecule has 0 spiro atoms. The summed E-state index contributed by atoms with van der Waals surface area (Å²) in [5.74, 6) is 0.0350. The van der Waals surface area contributed by atoms with E-state index in [0.717, 1.165) is 11.6 Å². The van der Waals surface area contributed by atoms with Crippen LogP contribution in [0.5, 0.6) is 11.5 Å². The highest BCUT2D eigenvalue weighted by Gasteiger charge is 2.10. The van der Waals surface area contributed by atoms with Gasteiger partial charge in [-0.05, 0) is 40.2 Å². The molecule has 0 aliphatic rings.